The average Bonchev–Trinajstić information content (AvgIpc) is 2.59. The van der Waals surface area contributed by atoms with E-state index in [9.17, 15) is 9.59 Å². The van der Waals surface area contributed by atoms with Crippen molar-refractivity contribution in [2.75, 3.05) is 12.4 Å². The summed E-state index contributed by atoms with van der Waals surface area (Å²) in [4.78, 5) is 24.0. The Kier molecular flexibility index (Phi) is 6.04. The largest absolute Gasteiger partial charge is 0.481 e. The quantitative estimate of drug-likeness (QED) is 0.812. The second kappa shape index (κ2) is 8.03. The Morgan fingerprint density at radius 1 is 1.08 bits per heavy atom. The van der Waals surface area contributed by atoms with Crippen molar-refractivity contribution in [2.24, 2.45) is 0 Å². The van der Waals surface area contributed by atoms with Crippen molar-refractivity contribution in [1.82, 2.24) is 0 Å². The van der Waals surface area contributed by atoms with Crippen molar-refractivity contribution < 1.29 is 19.1 Å². The minimum atomic E-state index is -0.721. The number of rotatable bonds is 5. The molecule has 0 fully saturated rings. The van der Waals surface area contributed by atoms with Gasteiger partial charge in [0, 0.05) is 10.7 Å². The second-order valence-corrected chi connectivity index (χ2v) is 6.09. The summed E-state index contributed by atoms with van der Waals surface area (Å²) in [6, 6.07) is 10.2. The molecule has 2 rings (SSSR count). The van der Waals surface area contributed by atoms with Gasteiger partial charge in [0.25, 0.3) is 5.91 Å². The standard InChI is InChI=1S/C19H20ClNO4/c1-11-5-6-14(19(23)24-4)10-17(11)21-18(22)13(3)25-15-7-8-16(20)12(2)9-15/h5-10,13H,1-4H3,(H,21,22). The lowest BCUT2D eigenvalue weighted by Gasteiger charge is -2.16. The lowest BCUT2D eigenvalue weighted by molar-refractivity contribution is -0.122. The van der Waals surface area contributed by atoms with E-state index >= 15 is 0 Å². The molecule has 0 aliphatic rings. The Balaban J connectivity index is 2.10. The summed E-state index contributed by atoms with van der Waals surface area (Å²) < 4.78 is 10.4. The lowest BCUT2D eigenvalue weighted by atomic mass is 10.1. The number of hydrogen-bond acceptors (Lipinski definition) is 4. The first-order valence-electron chi connectivity index (χ1n) is 7.74. The number of nitrogens with one attached hydrogen (secondary N) is 1. The molecule has 2 aromatic carbocycles. The van der Waals surface area contributed by atoms with E-state index in [1.807, 2.05) is 13.8 Å². The van der Waals surface area contributed by atoms with Gasteiger partial charge in [-0.25, -0.2) is 4.79 Å². The first kappa shape index (κ1) is 18.8. The summed E-state index contributed by atoms with van der Waals surface area (Å²) in [5.41, 5.74) is 2.60. The van der Waals surface area contributed by atoms with Crippen LogP contribution in [0.1, 0.15) is 28.4 Å². The van der Waals surface area contributed by atoms with Crippen LogP contribution in [0.25, 0.3) is 0 Å². The zero-order valence-electron chi connectivity index (χ0n) is 14.6. The number of anilines is 1. The summed E-state index contributed by atoms with van der Waals surface area (Å²) in [6.07, 6.45) is -0.721. The molecule has 2 aromatic rings. The SMILES string of the molecule is COC(=O)c1ccc(C)c(NC(=O)C(C)Oc2ccc(Cl)c(C)c2)c1. The van der Waals surface area contributed by atoms with E-state index < -0.39 is 12.1 Å². The molecule has 1 N–H and O–H groups in total. The molecule has 1 unspecified atom stereocenters. The molecule has 0 aromatic heterocycles. The van der Waals surface area contributed by atoms with E-state index in [0.29, 0.717) is 22.0 Å². The van der Waals surface area contributed by atoms with Crippen LogP contribution in [0.3, 0.4) is 0 Å². The maximum Gasteiger partial charge on any atom is 0.337 e. The number of methoxy groups -OCH3 is 1. The van der Waals surface area contributed by atoms with Gasteiger partial charge in [0.05, 0.1) is 12.7 Å². The van der Waals surface area contributed by atoms with Crippen LogP contribution in [0.5, 0.6) is 5.75 Å². The number of hydrogen-bond donors (Lipinski definition) is 1. The minimum absolute atomic E-state index is 0.322. The molecule has 1 atom stereocenters. The zero-order chi connectivity index (χ0) is 18.6. The molecule has 6 heteroatoms. The summed E-state index contributed by atoms with van der Waals surface area (Å²) in [5.74, 6) is -0.223. The van der Waals surface area contributed by atoms with Gasteiger partial charge in [-0.1, -0.05) is 17.7 Å². The molecule has 0 heterocycles. The fraction of sp³-hybridized carbons (Fsp3) is 0.263. The number of benzene rings is 2. The number of halogens is 1. The highest BCUT2D eigenvalue weighted by atomic mass is 35.5. The van der Waals surface area contributed by atoms with Crippen molar-refractivity contribution in [3.8, 4) is 5.75 Å². The Morgan fingerprint density at radius 3 is 2.44 bits per heavy atom. The molecule has 0 aliphatic carbocycles. The third kappa shape index (κ3) is 4.73. The molecule has 1 amide bonds. The van der Waals surface area contributed by atoms with Gasteiger partial charge in [0.1, 0.15) is 5.75 Å². The van der Waals surface area contributed by atoms with Crippen LogP contribution >= 0.6 is 11.6 Å². The van der Waals surface area contributed by atoms with E-state index in [1.54, 1.807) is 43.3 Å². The van der Waals surface area contributed by atoms with Gasteiger partial charge in [-0.3, -0.25) is 4.79 Å². The van der Waals surface area contributed by atoms with E-state index in [4.69, 9.17) is 21.1 Å². The molecule has 0 radical (unpaired) electrons. The molecule has 0 saturated carbocycles. The summed E-state index contributed by atoms with van der Waals surface area (Å²) in [5, 5.41) is 3.42. The smallest absolute Gasteiger partial charge is 0.337 e. The minimum Gasteiger partial charge on any atom is -0.481 e. The Bertz CT molecular complexity index is 804. The third-order valence-corrected chi connectivity index (χ3v) is 4.15. The molecule has 25 heavy (non-hydrogen) atoms. The molecule has 5 nitrogen and oxygen atoms in total. The maximum absolute atomic E-state index is 12.4. The first-order chi connectivity index (χ1) is 11.8. The predicted octanol–water partition coefficient (Wildman–Crippen LogP) is 4.15. The average molecular weight is 362 g/mol. The van der Waals surface area contributed by atoms with Crippen LogP contribution in [-0.2, 0) is 9.53 Å². The number of esters is 1. The Labute approximate surface area is 151 Å². The van der Waals surface area contributed by atoms with Gasteiger partial charge in [-0.15, -0.1) is 0 Å². The van der Waals surface area contributed by atoms with Gasteiger partial charge in [0.15, 0.2) is 6.10 Å². The fourth-order valence-corrected chi connectivity index (χ4v) is 2.30. The van der Waals surface area contributed by atoms with Crippen LogP contribution in [-0.4, -0.2) is 25.1 Å². The van der Waals surface area contributed by atoms with Gasteiger partial charge in [-0.2, -0.15) is 0 Å². The van der Waals surface area contributed by atoms with Crippen molar-refractivity contribution >= 4 is 29.2 Å². The fourth-order valence-electron chi connectivity index (χ4n) is 2.18. The van der Waals surface area contributed by atoms with E-state index in [1.165, 1.54) is 7.11 Å². The number of carbonyl (C=O) groups excluding carboxylic acids is 2. The molecule has 0 saturated heterocycles. The molecular weight excluding hydrogens is 342 g/mol. The zero-order valence-corrected chi connectivity index (χ0v) is 15.3. The van der Waals surface area contributed by atoms with Crippen molar-refractivity contribution in [3.05, 3.63) is 58.1 Å². The molecule has 0 spiro atoms. The molecule has 0 bridgehead atoms. The Hall–Kier alpha value is -2.53. The van der Waals surface area contributed by atoms with Crippen LogP contribution in [0.15, 0.2) is 36.4 Å². The maximum atomic E-state index is 12.4. The summed E-state index contributed by atoms with van der Waals surface area (Å²) in [7, 11) is 1.31. The predicted molar refractivity (Wildman–Crippen MR) is 97.4 cm³/mol. The van der Waals surface area contributed by atoms with Gasteiger partial charge in [0.2, 0.25) is 0 Å². The van der Waals surface area contributed by atoms with Crippen LogP contribution in [0, 0.1) is 13.8 Å². The molecule has 132 valence electrons. The lowest BCUT2D eigenvalue weighted by Crippen LogP contribution is -2.30. The number of amides is 1. The Morgan fingerprint density at radius 2 is 1.80 bits per heavy atom. The second-order valence-electron chi connectivity index (χ2n) is 5.68. The monoisotopic (exact) mass is 361 g/mol. The molecular formula is C19H20ClNO4. The van der Waals surface area contributed by atoms with Crippen molar-refractivity contribution in [1.29, 1.82) is 0 Å². The van der Waals surface area contributed by atoms with Crippen molar-refractivity contribution in [3.63, 3.8) is 0 Å². The summed E-state index contributed by atoms with van der Waals surface area (Å²) in [6.45, 7) is 5.35. The van der Waals surface area contributed by atoms with E-state index in [-0.39, 0.29) is 5.91 Å². The third-order valence-electron chi connectivity index (χ3n) is 3.73. The number of aryl methyl sites for hydroxylation is 2. The van der Waals surface area contributed by atoms with Crippen molar-refractivity contribution in [2.45, 2.75) is 26.9 Å². The number of carbonyl (C=O) groups is 2. The van der Waals surface area contributed by atoms with Crippen LogP contribution in [0.4, 0.5) is 5.69 Å². The summed E-state index contributed by atoms with van der Waals surface area (Å²) >= 11 is 5.98. The van der Waals surface area contributed by atoms with E-state index in [2.05, 4.69) is 5.32 Å². The van der Waals surface area contributed by atoms with Gasteiger partial charge < -0.3 is 14.8 Å². The molecule has 0 aliphatic heterocycles. The topological polar surface area (TPSA) is 64.6 Å². The normalized spacial score (nSPS) is 11.6. The number of ether oxygens (including phenoxy) is 2. The first-order valence-corrected chi connectivity index (χ1v) is 8.12. The van der Waals surface area contributed by atoms with Gasteiger partial charge in [-0.05, 0) is 62.2 Å². The highest BCUT2D eigenvalue weighted by Gasteiger charge is 2.17. The van der Waals surface area contributed by atoms with Crippen LogP contribution < -0.4 is 10.1 Å². The van der Waals surface area contributed by atoms with E-state index in [0.717, 1.165) is 11.1 Å². The van der Waals surface area contributed by atoms with Crippen LogP contribution in [0.2, 0.25) is 5.02 Å². The van der Waals surface area contributed by atoms with Gasteiger partial charge >= 0.3 is 5.97 Å². The highest BCUT2D eigenvalue weighted by molar-refractivity contribution is 6.31. The highest BCUT2D eigenvalue weighted by Crippen LogP contribution is 2.23.